The normalized spacial score (nSPS) is 11.5. The van der Waals surface area contributed by atoms with Crippen LogP contribution < -0.4 is 5.32 Å². The Morgan fingerprint density at radius 3 is 2.73 bits per heavy atom. The summed E-state index contributed by atoms with van der Waals surface area (Å²) in [4.78, 5) is 11.4. The van der Waals surface area contributed by atoms with Crippen LogP contribution in [0.3, 0.4) is 0 Å². The maximum Gasteiger partial charge on any atom is 0.251 e. The van der Waals surface area contributed by atoms with E-state index < -0.39 is 0 Å². The van der Waals surface area contributed by atoms with E-state index in [0.717, 1.165) is 0 Å². The van der Waals surface area contributed by atoms with Crippen molar-refractivity contribution in [2.75, 3.05) is 11.9 Å². The highest BCUT2D eigenvalue weighted by Gasteiger charge is 2.13. The Kier molecular flexibility index (Phi) is 3.47. The maximum absolute atomic E-state index is 11.4. The molecule has 1 aromatic heterocycles. The molecule has 0 fully saturated rings. The summed E-state index contributed by atoms with van der Waals surface area (Å²) in [6.07, 6.45) is 1.63. The summed E-state index contributed by atoms with van der Waals surface area (Å²) in [6.45, 7) is 5.77. The fourth-order valence-electron chi connectivity index (χ4n) is 0.958. The molecule has 1 N–H and O–H groups in total. The van der Waals surface area contributed by atoms with Crippen molar-refractivity contribution in [3.8, 4) is 0 Å². The van der Waals surface area contributed by atoms with Crippen molar-refractivity contribution in [1.29, 1.82) is 0 Å². The maximum atomic E-state index is 11.4. The standard InChI is InChI=1S/C10H17N3O2/c1-10(2,3)15-7-9(14)12-8-5-6-11-13(8)4/h5-6H,7H2,1-4H3,(H,12,14). The average Bonchev–Trinajstić information content (AvgIpc) is 2.47. The van der Waals surface area contributed by atoms with Crippen molar-refractivity contribution < 1.29 is 9.53 Å². The van der Waals surface area contributed by atoms with Crippen molar-refractivity contribution in [3.63, 3.8) is 0 Å². The first kappa shape index (κ1) is 11.7. The van der Waals surface area contributed by atoms with E-state index in [0.29, 0.717) is 5.82 Å². The lowest BCUT2D eigenvalue weighted by atomic mass is 10.2. The number of ether oxygens (including phenoxy) is 1. The molecule has 0 atom stereocenters. The molecule has 0 saturated heterocycles. The number of hydrogen-bond acceptors (Lipinski definition) is 3. The summed E-state index contributed by atoms with van der Waals surface area (Å²) < 4.78 is 6.93. The molecule has 5 heteroatoms. The molecule has 0 radical (unpaired) electrons. The number of aryl methyl sites for hydroxylation is 1. The lowest BCUT2D eigenvalue weighted by Gasteiger charge is -2.18. The Labute approximate surface area is 89.4 Å². The summed E-state index contributed by atoms with van der Waals surface area (Å²) in [5.41, 5.74) is -0.302. The molecule has 0 saturated carbocycles. The molecule has 0 aliphatic rings. The molecular weight excluding hydrogens is 194 g/mol. The summed E-state index contributed by atoms with van der Waals surface area (Å²) in [5, 5.41) is 6.64. The number of hydrogen-bond donors (Lipinski definition) is 1. The van der Waals surface area contributed by atoms with E-state index in [1.807, 2.05) is 20.8 Å². The Bertz CT molecular complexity index is 339. The zero-order valence-electron chi connectivity index (χ0n) is 9.57. The fraction of sp³-hybridized carbons (Fsp3) is 0.600. The second-order valence-electron chi connectivity index (χ2n) is 4.29. The molecule has 5 nitrogen and oxygen atoms in total. The van der Waals surface area contributed by atoms with E-state index >= 15 is 0 Å². The van der Waals surface area contributed by atoms with Crippen LogP contribution in [-0.4, -0.2) is 27.9 Å². The number of carbonyl (C=O) groups is 1. The number of anilines is 1. The molecule has 1 aromatic rings. The van der Waals surface area contributed by atoms with Gasteiger partial charge in [-0.2, -0.15) is 5.10 Å². The molecule has 0 aliphatic carbocycles. The molecule has 84 valence electrons. The van der Waals surface area contributed by atoms with Gasteiger partial charge in [0.25, 0.3) is 5.91 Å². The van der Waals surface area contributed by atoms with Gasteiger partial charge in [-0.3, -0.25) is 9.48 Å². The summed E-state index contributed by atoms with van der Waals surface area (Å²) in [7, 11) is 1.76. The van der Waals surface area contributed by atoms with E-state index in [1.54, 1.807) is 24.0 Å². The first-order chi connectivity index (χ1) is 6.88. The van der Waals surface area contributed by atoms with Crippen LogP contribution in [0, 0.1) is 0 Å². The quantitative estimate of drug-likeness (QED) is 0.816. The predicted molar refractivity (Wildman–Crippen MR) is 57.5 cm³/mol. The second-order valence-corrected chi connectivity index (χ2v) is 4.29. The van der Waals surface area contributed by atoms with Crippen LogP contribution in [-0.2, 0) is 16.6 Å². The van der Waals surface area contributed by atoms with Crippen LogP contribution in [0.15, 0.2) is 12.3 Å². The molecule has 0 aliphatic heterocycles. The third-order valence-electron chi connectivity index (χ3n) is 1.72. The van der Waals surface area contributed by atoms with Crippen LogP contribution >= 0.6 is 0 Å². The Morgan fingerprint density at radius 2 is 2.27 bits per heavy atom. The van der Waals surface area contributed by atoms with Gasteiger partial charge in [0.05, 0.1) is 11.8 Å². The van der Waals surface area contributed by atoms with Gasteiger partial charge in [0.1, 0.15) is 12.4 Å². The average molecular weight is 211 g/mol. The first-order valence-corrected chi connectivity index (χ1v) is 4.80. The number of rotatable bonds is 3. The fourth-order valence-corrected chi connectivity index (χ4v) is 0.958. The molecule has 0 spiro atoms. The first-order valence-electron chi connectivity index (χ1n) is 4.80. The van der Waals surface area contributed by atoms with Gasteiger partial charge in [-0.25, -0.2) is 0 Å². The minimum Gasteiger partial charge on any atom is -0.366 e. The molecule has 0 unspecified atom stereocenters. The Balaban J connectivity index is 2.41. The zero-order chi connectivity index (χ0) is 11.5. The zero-order valence-corrected chi connectivity index (χ0v) is 9.57. The highest BCUT2D eigenvalue weighted by molar-refractivity contribution is 5.90. The number of aromatic nitrogens is 2. The summed E-state index contributed by atoms with van der Waals surface area (Å²) in [6, 6.07) is 1.73. The van der Waals surface area contributed by atoms with Crippen molar-refractivity contribution in [3.05, 3.63) is 12.3 Å². The molecule has 15 heavy (non-hydrogen) atoms. The van der Waals surface area contributed by atoms with Gasteiger partial charge < -0.3 is 10.1 Å². The lowest BCUT2D eigenvalue weighted by molar-refractivity contribution is -0.125. The van der Waals surface area contributed by atoms with Gasteiger partial charge in [-0.1, -0.05) is 0 Å². The Hall–Kier alpha value is -1.36. The van der Waals surface area contributed by atoms with Crippen molar-refractivity contribution >= 4 is 11.7 Å². The van der Waals surface area contributed by atoms with Gasteiger partial charge in [-0.15, -0.1) is 0 Å². The number of nitrogens with one attached hydrogen (secondary N) is 1. The summed E-state index contributed by atoms with van der Waals surface area (Å²) in [5.74, 6) is 0.492. The summed E-state index contributed by atoms with van der Waals surface area (Å²) >= 11 is 0. The van der Waals surface area contributed by atoms with E-state index in [9.17, 15) is 4.79 Å². The van der Waals surface area contributed by atoms with Crippen LogP contribution in [0.1, 0.15) is 20.8 Å². The Morgan fingerprint density at radius 1 is 1.60 bits per heavy atom. The van der Waals surface area contributed by atoms with Gasteiger partial charge in [-0.05, 0) is 20.8 Å². The number of amides is 1. The van der Waals surface area contributed by atoms with Crippen LogP contribution in [0.5, 0.6) is 0 Å². The van der Waals surface area contributed by atoms with Crippen LogP contribution in [0.4, 0.5) is 5.82 Å². The molecule has 0 aromatic carbocycles. The van der Waals surface area contributed by atoms with Crippen molar-refractivity contribution in [2.24, 2.45) is 7.05 Å². The monoisotopic (exact) mass is 211 g/mol. The van der Waals surface area contributed by atoms with E-state index in [1.165, 1.54) is 0 Å². The van der Waals surface area contributed by atoms with E-state index in [2.05, 4.69) is 10.4 Å². The predicted octanol–water partition coefficient (Wildman–Crippen LogP) is 1.17. The molecule has 0 bridgehead atoms. The minimum atomic E-state index is -0.302. The van der Waals surface area contributed by atoms with Gasteiger partial charge in [0.2, 0.25) is 0 Å². The van der Waals surface area contributed by atoms with E-state index in [-0.39, 0.29) is 18.1 Å². The van der Waals surface area contributed by atoms with Crippen LogP contribution in [0.25, 0.3) is 0 Å². The van der Waals surface area contributed by atoms with E-state index in [4.69, 9.17) is 4.74 Å². The molecular formula is C10H17N3O2. The molecule has 1 amide bonds. The second kappa shape index (κ2) is 4.44. The number of nitrogens with zero attached hydrogens (tertiary/aromatic N) is 2. The third kappa shape index (κ3) is 4.12. The van der Waals surface area contributed by atoms with Crippen molar-refractivity contribution in [2.45, 2.75) is 26.4 Å². The number of carbonyl (C=O) groups excluding carboxylic acids is 1. The topological polar surface area (TPSA) is 56.2 Å². The lowest BCUT2D eigenvalue weighted by Crippen LogP contribution is -2.27. The minimum absolute atomic E-state index is 0.0503. The third-order valence-corrected chi connectivity index (χ3v) is 1.72. The largest absolute Gasteiger partial charge is 0.366 e. The highest BCUT2D eigenvalue weighted by atomic mass is 16.5. The smallest absolute Gasteiger partial charge is 0.251 e. The van der Waals surface area contributed by atoms with Gasteiger partial charge >= 0.3 is 0 Å². The van der Waals surface area contributed by atoms with Crippen molar-refractivity contribution in [1.82, 2.24) is 9.78 Å². The van der Waals surface area contributed by atoms with Crippen LogP contribution in [0.2, 0.25) is 0 Å². The molecule has 1 rings (SSSR count). The van der Waals surface area contributed by atoms with Gasteiger partial charge in [0, 0.05) is 13.1 Å². The highest BCUT2D eigenvalue weighted by Crippen LogP contribution is 2.07. The SMILES string of the molecule is Cn1nccc1NC(=O)COC(C)(C)C. The molecule has 1 heterocycles. The van der Waals surface area contributed by atoms with Gasteiger partial charge in [0.15, 0.2) is 0 Å².